The molecular weight excluding hydrogens is 364 g/mol. The average Bonchev–Trinajstić information content (AvgIpc) is 3.30. The van der Waals surface area contributed by atoms with Gasteiger partial charge in [-0.15, -0.1) is 0 Å². The second-order valence-electron chi connectivity index (χ2n) is 7.36. The minimum Gasteiger partial charge on any atom is -0.357 e. The van der Waals surface area contributed by atoms with Gasteiger partial charge in [-0.2, -0.15) is 0 Å². The number of pyridine rings is 1. The predicted octanol–water partition coefficient (Wildman–Crippen LogP) is 3.34. The number of rotatable bonds is 3. The first-order valence-electron chi connectivity index (χ1n) is 9.44. The third-order valence-corrected chi connectivity index (χ3v) is 5.24. The molecule has 1 aromatic carbocycles. The smallest absolute Gasteiger partial charge is 0.274 e. The number of imidazole rings is 1. The largest absolute Gasteiger partial charge is 0.357 e. The predicted molar refractivity (Wildman–Crippen MR) is 113 cm³/mol. The standard InChI is InChI=1S/C22H20N6O/c1-13-5-4-6-15(9-13)11-28-14(2)25-20-21(28)26-18(10-24-20)17-12-27(3)22(29)19-16(17)7-8-23-19/h4-10,12,23H,11H2,1-3H3. The zero-order valence-electron chi connectivity index (χ0n) is 16.5. The van der Waals surface area contributed by atoms with E-state index in [2.05, 4.69) is 50.7 Å². The Bertz CT molecular complexity index is 1440. The highest BCUT2D eigenvalue weighted by atomic mass is 16.1. The monoisotopic (exact) mass is 384 g/mol. The average molecular weight is 384 g/mol. The van der Waals surface area contributed by atoms with E-state index in [1.165, 1.54) is 11.1 Å². The molecule has 0 radical (unpaired) electrons. The van der Waals surface area contributed by atoms with E-state index in [4.69, 9.17) is 4.98 Å². The van der Waals surface area contributed by atoms with Crippen molar-refractivity contribution in [3.05, 3.63) is 76.2 Å². The first kappa shape index (κ1) is 17.4. The van der Waals surface area contributed by atoms with Crippen molar-refractivity contribution in [3.8, 4) is 11.3 Å². The van der Waals surface area contributed by atoms with Gasteiger partial charge in [0.1, 0.15) is 11.3 Å². The third kappa shape index (κ3) is 2.82. The molecule has 29 heavy (non-hydrogen) atoms. The van der Waals surface area contributed by atoms with Crippen molar-refractivity contribution in [1.29, 1.82) is 0 Å². The van der Waals surface area contributed by atoms with Gasteiger partial charge in [0.05, 0.1) is 18.4 Å². The fourth-order valence-electron chi connectivity index (χ4n) is 3.79. The zero-order valence-corrected chi connectivity index (χ0v) is 16.5. The van der Waals surface area contributed by atoms with E-state index >= 15 is 0 Å². The first-order chi connectivity index (χ1) is 14.0. The van der Waals surface area contributed by atoms with Crippen molar-refractivity contribution in [2.75, 3.05) is 0 Å². The fourth-order valence-corrected chi connectivity index (χ4v) is 3.79. The maximum absolute atomic E-state index is 12.4. The summed E-state index contributed by atoms with van der Waals surface area (Å²) in [7, 11) is 1.74. The van der Waals surface area contributed by atoms with E-state index in [1.807, 2.05) is 19.2 Å². The number of aromatic nitrogens is 6. The van der Waals surface area contributed by atoms with Gasteiger partial charge >= 0.3 is 0 Å². The minimum atomic E-state index is -0.0666. The maximum atomic E-state index is 12.4. The number of nitrogens with zero attached hydrogens (tertiary/aromatic N) is 5. The summed E-state index contributed by atoms with van der Waals surface area (Å²) in [5.41, 5.74) is 5.83. The van der Waals surface area contributed by atoms with Gasteiger partial charge < -0.3 is 14.1 Å². The molecule has 4 heterocycles. The Hall–Kier alpha value is -3.74. The van der Waals surface area contributed by atoms with Gasteiger partial charge in [0.2, 0.25) is 0 Å². The molecule has 0 fully saturated rings. The van der Waals surface area contributed by atoms with E-state index in [0.29, 0.717) is 23.4 Å². The summed E-state index contributed by atoms with van der Waals surface area (Å²) in [5, 5.41) is 0.836. The van der Waals surface area contributed by atoms with Gasteiger partial charge in [-0.3, -0.25) is 4.79 Å². The quantitative estimate of drug-likeness (QED) is 0.517. The molecule has 0 aliphatic carbocycles. The van der Waals surface area contributed by atoms with E-state index in [-0.39, 0.29) is 5.56 Å². The van der Waals surface area contributed by atoms with Gasteiger partial charge in [-0.25, -0.2) is 15.0 Å². The lowest BCUT2D eigenvalue weighted by Gasteiger charge is -2.09. The Kier molecular flexibility index (Phi) is 3.84. The molecule has 1 N–H and O–H groups in total. The summed E-state index contributed by atoms with van der Waals surface area (Å²) in [6, 6.07) is 10.3. The normalized spacial score (nSPS) is 11.6. The van der Waals surface area contributed by atoms with Crippen molar-refractivity contribution >= 4 is 22.2 Å². The highest BCUT2D eigenvalue weighted by molar-refractivity contribution is 5.93. The van der Waals surface area contributed by atoms with Crippen LogP contribution in [0.5, 0.6) is 0 Å². The molecule has 0 aliphatic rings. The molecule has 4 aromatic heterocycles. The number of H-pyrrole nitrogens is 1. The van der Waals surface area contributed by atoms with Crippen LogP contribution in [-0.4, -0.2) is 29.1 Å². The molecule has 0 aliphatic heterocycles. The van der Waals surface area contributed by atoms with Crippen LogP contribution >= 0.6 is 0 Å². The van der Waals surface area contributed by atoms with E-state index in [9.17, 15) is 4.79 Å². The molecule has 0 spiro atoms. The number of fused-ring (bicyclic) bond motifs is 2. The van der Waals surface area contributed by atoms with Gasteiger partial charge in [-0.05, 0) is 25.5 Å². The Morgan fingerprint density at radius 1 is 1.14 bits per heavy atom. The molecule has 0 saturated heterocycles. The van der Waals surface area contributed by atoms with Gasteiger partial charge in [0.15, 0.2) is 11.3 Å². The van der Waals surface area contributed by atoms with Crippen molar-refractivity contribution < 1.29 is 0 Å². The Morgan fingerprint density at radius 3 is 2.83 bits per heavy atom. The van der Waals surface area contributed by atoms with Crippen LogP contribution < -0.4 is 5.56 Å². The van der Waals surface area contributed by atoms with Crippen molar-refractivity contribution in [2.24, 2.45) is 7.05 Å². The summed E-state index contributed by atoms with van der Waals surface area (Å²) in [4.78, 5) is 29.4. The topological polar surface area (TPSA) is 81.4 Å². The van der Waals surface area contributed by atoms with Crippen LogP contribution in [0.15, 0.2) is 53.7 Å². The Labute approximate surface area is 166 Å². The van der Waals surface area contributed by atoms with Gasteiger partial charge in [0, 0.05) is 30.4 Å². The Balaban J connectivity index is 1.69. The molecule has 0 unspecified atom stereocenters. The SMILES string of the molecule is Cc1cccc(Cn2c(C)nc3ncc(-c4cn(C)c(=O)c5[nH]ccc45)nc32)c1. The number of hydrogen-bond donors (Lipinski definition) is 1. The Morgan fingerprint density at radius 2 is 2.00 bits per heavy atom. The molecule has 7 nitrogen and oxygen atoms in total. The minimum absolute atomic E-state index is 0.0666. The third-order valence-electron chi connectivity index (χ3n) is 5.24. The number of aryl methyl sites for hydroxylation is 3. The summed E-state index contributed by atoms with van der Waals surface area (Å²) >= 11 is 0. The second kappa shape index (κ2) is 6.41. The summed E-state index contributed by atoms with van der Waals surface area (Å²) in [5.74, 6) is 0.867. The van der Waals surface area contributed by atoms with Crippen LogP contribution in [-0.2, 0) is 13.6 Å². The zero-order chi connectivity index (χ0) is 20.1. The van der Waals surface area contributed by atoms with Crippen molar-refractivity contribution in [3.63, 3.8) is 0 Å². The first-order valence-corrected chi connectivity index (χ1v) is 9.44. The van der Waals surface area contributed by atoms with Gasteiger partial charge in [-0.1, -0.05) is 29.8 Å². The number of aromatic amines is 1. The number of hydrogen-bond acceptors (Lipinski definition) is 4. The molecule has 0 amide bonds. The second-order valence-corrected chi connectivity index (χ2v) is 7.36. The van der Waals surface area contributed by atoms with Crippen LogP contribution in [0.1, 0.15) is 17.0 Å². The lowest BCUT2D eigenvalue weighted by Crippen LogP contribution is -2.16. The molecule has 0 atom stereocenters. The lowest BCUT2D eigenvalue weighted by molar-refractivity contribution is 0.777. The molecule has 7 heteroatoms. The molecule has 144 valence electrons. The van der Waals surface area contributed by atoms with Crippen LogP contribution in [0, 0.1) is 13.8 Å². The highest BCUT2D eigenvalue weighted by Gasteiger charge is 2.15. The molecule has 5 aromatic rings. The van der Waals surface area contributed by atoms with Gasteiger partial charge in [0.25, 0.3) is 5.56 Å². The summed E-state index contributed by atoms with van der Waals surface area (Å²) in [6.07, 6.45) is 5.30. The number of benzene rings is 1. The maximum Gasteiger partial charge on any atom is 0.274 e. The summed E-state index contributed by atoms with van der Waals surface area (Å²) < 4.78 is 3.65. The summed E-state index contributed by atoms with van der Waals surface area (Å²) in [6.45, 7) is 4.73. The van der Waals surface area contributed by atoms with Crippen molar-refractivity contribution in [1.82, 2.24) is 29.1 Å². The van der Waals surface area contributed by atoms with E-state index < -0.39 is 0 Å². The number of nitrogens with one attached hydrogen (secondary N) is 1. The van der Waals surface area contributed by atoms with E-state index in [0.717, 1.165) is 22.4 Å². The molecule has 0 bridgehead atoms. The van der Waals surface area contributed by atoms with Crippen LogP contribution in [0.25, 0.3) is 33.5 Å². The van der Waals surface area contributed by atoms with Crippen LogP contribution in [0.2, 0.25) is 0 Å². The fraction of sp³-hybridized carbons (Fsp3) is 0.182. The highest BCUT2D eigenvalue weighted by Crippen LogP contribution is 2.26. The van der Waals surface area contributed by atoms with Crippen molar-refractivity contribution in [2.45, 2.75) is 20.4 Å². The van der Waals surface area contributed by atoms with E-state index in [1.54, 1.807) is 24.0 Å². The van der Waals surface area contributed by atoms with Crippen LogP contribution in [0.3, 0.4) is 0 Å². The molecule has 5 rings (SSSR count). The van der Waals surface area contributed by atoms with Crippen LogP contribution in [0.4, 0.5) is 0 Å². The molecular formula is C22H20N6O. The molecule has 0 saturated carbocycles. The lowest BCUT2D eigenvalue weighted by atomic mass is 10.1.